The predicted octanol–water partition coefficient (Wildman–Crippen LogP) is 2.37. The molecule has 1 unspecified atom stereocenters. The Labute approximate surface area is 104 Å². The molecule has 0 bridgehead atoms. The molecule has 1 aliphatic heterocycles. The van der Waals surface area contributed by atoms with E-state index in [1.165, 1.54) is 11.3 Å². The molecule has 0 aliphatic carbocycles. The summed E-state index contributed by atoms with van der Waals surface area (Å²) in [5.41, 5.74) is 2.55. The Kier molecular flexibility index (Phi) is 3.89. The van der Waals surface area contributed by atoms with Crippen LogP contribution in [0.4, 0.5) is 5.69 Å². The van der Waals surface area contributed by atoms with Gasteiger partial charge < -0.3 is 10.1 Å². The molecule has 1 aliphatic rings. The summed E-state index contributed by atoms with van der Waals surface area (Å²) in [6, 6.07) is 6.80. The van der Waals surface area contributed by atoms with Crippen LogP contribution in [0, 0.1) is 0 Å². The standard InChI is InChI=1S/C14H22N2O/c1-4-16(5-2)11-9-12-13(15-10-11)7-6-8-14(12)17-3/h6-8,11,15H,4-5,9-10H2,1-3H3. The number of methoxy groups -OCH3 is 1. The molecule has 0 spiro atoms. The fraction of sp³-hybridized carbons (Fsp3) is 0.571. The summed E-state index contributed by atoms with van der Waals surface area (Å²) in [5, 5.41) is 3.51. The lowest BCUT2D eigenvalue weighted by Gasteiger charge is -2.35. The van der Waals surface area contributed by atoms with Crippen LogP contribution in [-0.2, 0) is 6.42 Å². The third kappa shape index (κ3) is 2.39. The number of hydrogen-bond acceptors (Lipinski definition) is 3. The number of hydrogen-bond donors (Lipinski definition) is 1. The Morgan fingerprint density at radius 3 is 2.76 bits per heavy atom. The summed E-state index contributed by atoms with van der Waals surface area (Å²) in [6.45, 7) is 7.69. The van der Waals surface area contributed by atoms with Crippen molar-refractivity contribution in [1.82, 2.24) is 4.90 Å². The maximum atomic E-state index is 5.45. The van der Waals surface area contributed by atoms with Gasteiger partial charge in [-0.3, -0.25) is 4.90 Å². The lowest BCUT2D eigenvalue weighted by atomic mass is 9.97. The topological polar surface area (TPSA) is 24.5 Å². The number of benzene rings is 1. The molecule has 1 aromatic rings. The lowest BCUT2D eigenvalue weighted by Crippen LogP contribution is -2.43. The second kappa shape index (κ2) is 5.41. The highest BCUT2D eigenvalue weighted by atomic mass is 16.5. The van der Waals surface area contributed by atoms with E-state index in [1.807, 2.05) is 12.1 Å². The molecule has 2 rings (SSSR count). The van der Waals surface area contributed by atoms with Gasteiger partial charge in [-0.1, -0.05) is 19.9 Å². The van der Waals surface area contributed by atoms with Gasteiger partial charge in [0, 0.05) is 23.8 Å². The van der Waals surface area contributed by atoms with Gasteiger partial charge in [0.05, 0.1) is 7.11 Å². The highest BCUT2D eigenvalue weighted by Gasteiger charge is 2.24. The average Bonchev–Trinajstić information content (AvgIpc) is 2.39. The van der Waals surface area contributed by atoms with E-state index < -0.39 is 0 Å². The molecule has 0 fully saturated rings. The molecule has 0 saturated heterocycles. The van der Waals surface area contributed by atoms with Crippen LogP contribution >= 0.6 is 0 Å². The number of ether oxygens (including phenoxy) is 1. The minimum Gasteiger partial charge on any atom is -0.496 e. The van der Waals surface area contributed by atoms with E-state index >= 15 is 0 Å². The molecule has 17 heavy (non-hydrogen) atoms. The van der Waals surface area contributed by atoms with E-state index in [9.17, 15) is 0 Å². The van der Waals surface area contributed by atoms with E-state index in [4.69, 9.17) is 4.74 Å². The van der Waals surface area contributed by atoms with Gasteiger partial charge in [0.15, 0.2) is 0 Å². The Balaban J connectivity index is 2.22. The first-order valence-electron chi connectivity index (χ1n) is 6.43. The zero-order valence-corrected chi connectivity index (χ0v) is 11.0. The first-order valence-corrected chi connectivity index (χ1v) is 6.43. The van der Waals surface area contributed by atoms with Crippen LogP contribution in [0.2, 0.25) is 0 Å². The molecule has 1 N–H and O–H groups in total. The largest absolute Gasteiger partial charge is 0.496 e. The number of nitrogens with one attached hydrogen (secondary N) is 1. The zero-order valence-electron chi connectivity index (χ0n) is 11.0. The van der Waals surface area contributed by atoms with Gasteiger partial charge >= 0.3 is 0 Å². The summed E-state index contributed by atoms with van der Waals surface area (Å²) in [5.74, 6) is 1.01. The molecule has 0 radical (unpaired) electrons. The molecular formula is C14H22N2O. The number of nitrogens with zero attached hydrogens (tertiary/aromatic N) is 1. The van der Waals surface area contributed by atoms with Crippen LogP contribution in [0.25, 0.3) is 0 Å². The van der Waals surface area contributed by atoms with Crippen LogP contribution in [0.5, 0.6) is 5.75 Å². The molecule has 1 atom stereocenters. The monoisotopic (exact) mass is 234 g/mol. The second-order valence-corrected chi connectivity index (χ2v) is 4.45. The summed E-state index contributed by atoms with van der Waals surface area (Å²) < 4.78 is 5.45. The van der Waals surface area contributed by atoms with Crippen molar-refractivity contribution < 1.29 is 4.74 Å². The summed E-state index contributed by atoms with van der Waals surface area (Å²) in [7, 11) is 1.75. The van der Waals surface area contributed by atoms with Crippen molar-refractivity contribution in [2.45, 2.75) is 26.3 Å². The normalized spacial score (nSPS) is 18.7. The maximum Gasteiger partial charge on any atom is 0.124 e. The van der Waals surface area contributed by atoms with Crippen molar-refractivity contribution in [1.29, 1.82) is 0 Å². The van der Waals surface area contributed by atoms with Crippen molar-refractivity contribution in [2.75, 3.05) is 32.1 Å². The van der Waals surface area contributed by atoms with E-state index in [-0.39, 0.29) is 0 Å². The summed E-state index contributed by atoms with van der Waals surface area (Å²) in [6.07, 6.45) is 1.08. The average molecular weight is 234 g/mol. The van der Waals surface area contributed by atoms with Gasteiger partial charge in [-0.15, -0.1) is 0 Å². The predicted molar refractivity (Wildman–Crippen MR) is 71.9 cm³/mol. The SMILES string of the molecule is CCN(CC)C1CNc2cccc(OC)c2C1. The molecule has 3 nitrogen and oxygen atoms in total. The minimum absolute atomic E-state index is 0.578. The molecule has 3 heteroatoms. The Morgan fingerprint density at radius 1 is 1.35 bits per heavy atom. The third-order valence-corrected chi connectivity index (χ3v) is 3.65. The van der Waals surface area contributed by atoms with Crippen LogP contribution < -0.4 is 10.1 Å². The van der Waals surface area contributed by atoms with Gasteiger partial charge in [0.25, 0.3) is 0 Å². The smallest absolute Gasteiger partial charge is 0.124 e. The fourth-order valence-corrected chi connectivity index (χ4v) is 2.67. The molecule has 0 amide bonds. The molecule has 94 valence electrons. The molecule has 1 heterocycles. The fourth-order valence-electron chi connectivity index (χ4n) is 2.67. The maximum absolute atomic E-state index is 5.45. The lowest BCUT2D eigenvalue weighted by molar-refractivity contribution is 0.219. The molecule has 0 saturated carbocycles. The van der Waals surface area contributed by atoms with E-state index in [0.717, 1.165) is 31.8 Å². The van der Waals surface area contributed by atoms with Gasteiger partial charge in [-0.05, 0) is 31.6 Å². The highest BCUT2D eigenvalue weighted by Crippen LogP contribution is 2.31. The van der Waals surface area contributed by atoms with Gasteiger partial charge in [-0.2, -0.15) is 0 Å². The molecule has 1 aromatic carbocycles. The first kappa shape index (κ1) is 12.2. The first-order chi connectivity index (χ1) is 8.30. The van der Waals surface area contributed by atoms with Gasteiger partial charge in [-0.25, -0.2) is 0 Å². The van der Waals surface area contributed by atoms with E-state index in [0.29, 0.717) is 6.04 Å². The number of rotatable bonds is 4. The van der Waals surface area contributed by atoms with E-state index in [2.05, 4.69) is 30.1 Å². The zero-order chi connectivity index (χ0) is 12.3. The van der Waals surface area contributed by atoms with Crippen molar-refractivity contribution >= 4 is 5.69 Å². The van der Waals surface area contributed by atoms with Gasteiger partial charge in [0.2, 0.25) is 0 Å². The Hall–Kier alpha value is -1.22. The number of fused-ring (bicyclic) bond motifs is 1. The Morgan fingerprint density at radius 2 is 2.12 bits per heavy atom. The Bertz CT molecular complexity index is 360. The highest BCUT2D eigenvalue weighted by molar-refractivity contribution is 5.59. The molecule has 0 aromatic heterocycles. The third-order valence-electron chi connectivity index (χ3n) is 3.65. The summed E-state index contributed by atoms with van der Waals surface area (Å²) >= 11 is 0. The van der Waals surface area contributed by atoms with Crippen LogP contribution in [-0.4, -0.2) is 37.7 Å². The van der Waals surface area contributed by atoms with E-state index in [1.54, 1.807) is 7.11 Å². The van der Waals surface area contributed by atoms with Crippen LogP contribution in [0.15, 0.2) is 18.2 Å². The van der Waals surface area contributed by atoms with Gasteiger partial charge in [0.1, 0.15) is 5.75 Å². The van der Waals surface area contributed by atoms with Crippen molar-refractivity contribution in [2.24, 2.45) is 0 Å². The van der Waals surface area contributed by atoms with Crippen molar-refractivity contribution in [3.8, 4) is 5.75 Å². The van der Waals surface area contributed by atoms with Crippen LogP contribution in [0.3, 0.4) is 0 Å². The van der Waals surface area contributed by atoms with Crippen molar-refractivity contribution in [3.05, 3.63) is 23.8 Å². The second-order valence-electron chi connectivity index (χ2n) is 4.45. The quantitative estimate of drug-likeness (QED) is 0.865. The number of likely N-dealkylation sites (N-methyl/N-ethyl adjacent to an activating group) is 1. The molecular weight excluding hydrogens is 212 g/mol. The minimum atomic E-state index is 0.578. The van der Waals surface area contributed by atoms with Crippen LogP contribution in [0.1, 0.15) is 19.4 Å². The summed E-state index contributed by atoms with van der Waals surface area (Å²) in [4.78, 5) is 2.50. The number of anilines is 1. The van der Waals surface area contributed by atoms with Crippen molar-refractivity contribution in [3.63, 3.8) is 0 Å².